The fourth-order valence-corrected chi connectivity index (χ4v) is 11.8. The van der Waals surface area contributed by atoms with Crippen molar-refractivity contribution < 1.29 is 72.6 Å². The molecule has 3 heterocycles. The van der Waals surface area contributed by atoms with Gasteiger partial charge in [-0.3, -0.25) is 28.8 Å². The molecule has 472 valence electrons. The van der Waals surface area contributed by atoms with Crippen LogP contribution in [0.15, 0.2) is 194 Å². The molecule has 22 nitrogen and oxygen atoms in total. The molecule has 0 saturated heterocycles. The molecule has 0 atom stereocenters. The van der Waals surface area contributed by atoms with Crippen LogP contribution in [0.2, 0.25) is 0 Å². The molecule has 13 aromatic carbocycles. The maximum Gasteiger partial charge on any atom is 0.281 e. The van der Waals surface area contributed by atoms with E-state index in [2.05, 4.69) is 158 Å². The molecule has 3 aromatic heterocycles. The third-order valence-electron chi connectivity index (χ3n) is 15.6. The lowest BCUT2D eigenvalue weighted by molar-refractivity contribution is -0.158. The fraction of sp³-hybridized carbons (Fsp3) is 0.0423. The van der Waals surface area contributed by atoms with Gasteiger partial charge in [-0.25, -0.2) is 29.9 Å². The number of hydrogen-bond donors (Lipinski definition) is 2. The van der Waals surface area contributed by atoms with E-state index < -0.39 is 34.7 Å². The lowest BCUT2D eigenvalue weighted by Gasteiger charge is -2.15. The van der Waals surface area contributed by atoms with Gasteiger partial charge < -0.3 is 55.3 Å². The minimum atomic E-state index is -1.73. The van der Waals surface area contributed by atoms with E-state index in [1.54, 1.807) is 0 Å². The first-order valence-electron chi connectivity index (χ1n) is 26.1. The number of aromatic nitrogens is 6. The number of carbonyl (C=O) groups excluding carboxylic acids is 6. The number of nitrogen functional groups attached to an aromatic ring is 2. The molecule has 0 radical (unpaired) electrons. The lowest BCUT2D eigenvalue weighted by atomic mass is 9.93. The lowest BCUT2D eigenvalue weighted by Crippen LogP contribution is -2.49. The van der Waals surface area contributed by atoms with Gasteiger partial charge in [0.2, 0.25) is 0 Å². The quantitative estimate of drug-likeness (QED) is 0.0481. The van der Waals surface area contributed by atoms with Crippen molar-refractivity contribution in [3.05, 3.63) is 194 Å². The molecule has 17 rings (SSSR count). The Morgan fingerprint density at radius 3 is 0.419 bits per heavy atom. The topological polar surface area (TPSA) is 484 Å². The minimum absolute atomic E-state index is 0. The van der Waals surface area contributed by atoms with Gasteiger partial charge in [0.25, 0.3) is 34.7 Å². The zero-order valence-corrected chi connectivity index (χ0v) is 46.8. The second-order valence-electron chi connectivity index (χ2n) is 20.0. The van der Waals surface area contributed by atoms with Crippen molar-refractivity contribution in [3.8, 4) is 0 Å². The Hall–Kier alpha value is -12.0. The van der Waals surface area contributed by atoms with Crippen molar-refractivity contribution in [2.24, 2.45) is 0 Å². The van der Waals surface area contributed by atoms with Crippen molar-refractivity contribution >= 4 is 198 Å². The first kappa shape index (κ1) is 73.5. The van der Waals surface area contributed by atoms with E-state index in [1.165, 1.54) is 0 Å². The first-order valence-corrected chi connectivity index (χ1v) is 26.1. The van der Waals surface area contributed by atoms with E-state index >= 15 is 0 Å². The Bertz CT molecular complexity index is 4870. The standard InChI is InChI=1S/C48H24N6.C14H12N2.C6O6.3CH4.8H2O/c1-7-19-31-25(13-1)26-14-2-8-20-32(26)38-37(31)49-43-44(50-38)46-48(54-42-36-24-12-6-18-30(36)29-17-5-11-23-35(29)41(42)52-46)47-45(43)51-39-33-21-9-3-15-27(33)28-16-4-10-22-34(28)40(39)53-47;15-13-11-7-3-1-5-9(11)10-6-2-4-8-12(10)14(13)16;7-1-2(8)4(10)6(12)5(11)3(1)9;;;;;;;;;;;/h1-24H;1-8H,15-16H2;;3*1H4;8*1H2. The van der Waals surface area contributed by atoms with Gasteiger partial charge in [0, 0.05) is 43.1 Å². The summed E-state index contributed by atoms with van der Waals surface area (Å²) >= 11 is 0. The van der Waals surface area contributed by atoms with E-state index in [4.69, 9.17) is 41.4 Å². The Labute approximate surface area is 526 Å². The van der Waals surface area contributed by atoms with Gasteiger partial charge in [-0.15, -0.1) is 0 Å². The third-order valence-corrected chi connectivity index (χ3v) is 15.6. The summed E-state index contributed by atoms with van der Waals surface area (Å²) in [6, 6.07) is 66.9. The van der Waals surface area contributed by atoms with Crippen LogP contribution >= 0.6 is 0 Å². The van der Waals surface area contributed by atoms with Crippen molar-refractivity contribution in [1.29, 1.82) is 0 Å². The summed E-state index contributed by atoms with van der Waals surface area (Å²) in [7, 11) is 0. The van der Waals surface area contributed by atoms with Gasteiger partial charge in [0.1, 0.15) is 33.1 Å². The molecule has 0 aliphatic heterocycles. The highest BCUT2D eigenvalue weighted by Gasteiger charge is 2.47. The summed E-state index contributed by atoms with van der Waals surface area (Å²) in [4.78, 5) is 95.6. The van der Waals surface area contributed by atoms with Gasteiger partial charge >= 0.3 is 0 Å². The second kappa shape index (κ2) is 27.8. The smallest absolute Gasteiger partial charge is 0.281 e. The second-order valence-corrected chi connectivity index (χ2v) is 20.0. The van der Waals surface area contributed by atoms with Crippen LogP contribution in [0.5, 0.6) is 0 Å². The number of Topliss-reactive ketones (excluding diaryl/α,β-unsaturated/α-hetero) is 6. The number of nitrogens with zero attached hydrogens (tertiary/aromatic N) is 6. The average molecular weight is 1250 g/mol. The van der Waals surface area contributed by atoms with Crippen molar-refractivity contribution in [1.82, 2.24) is 29.9 Å². The highest BCUT2D eigenvalue weighted by atomic mass is 16.2. The number of anilines is 2. The van der Waals surface area contributed by atoms with Crippen LogP contribution in [0.4, 0.5) is 11.4 Å². The number of ketones is 6. The van der Waals surface area contributed by atoms with Crippen LogP contribution in [0.3, 0.4) is 0 Å². The molecule has 1 aliphatic rings. The van der Waals surface area contributed by atoms with Crippen LogP contribution in [0, 0.1) is 0 Å². The summed E-state index contributed by atoms with van der Waals surface area (Å²) in [6.07, 6.45) is 0. The first-order chi connectivity index (χ1) is 40.0. The normalized spacial score (nSPS) is 11.6. The Morgan fingerprint density at radius 1 is 0.172 bits per heavy atom. The van der Waals surface area contributed by atoms with Crippen LogP contribution in [-0.4, -0.2) is 108 Å². The minimum Gasteiger partial charge on any atom is -0.412 e. The van der Waals surface area contributed by atoms with E-state index in [9.17, 15) is 28.8 Å². The largest absolute Gasteiger partial charge is 0.412 e. The van der Waals surface area contributed by atoms with Crippen LogP contribution in [0.25, 0.3) is 152 Å². The van der Waals surface area contributed by atoms with Crippen LogP contribution in [0.1, 0.15) is 22.3 Å². The van der Waals surface area contributed by atoms with Gasteiger partial charge in [-0.2, -0.15) is 0 Å². The van der Waals surface area contributed by atoms with Crippen LogP contribution < -0.4 is 11.5 Å². The third kappa shape index (κ3) is 10.8. The summed E-state index contributed by atoms with van der Waals surface area (Å²) in [5.41, 5.74) is 22.4. The Morgan fingerprint density at radius 2 is 0.280 bits per heavy atom. The molecular weight excluding hydrogens is 1190 g/mol. The molecule has 0 spiro atoms. The van der Waals surface area contributed by atoms with Gasteiger partial charge in [-0.05, 0) is 43.1 Å². The zero-order chi connectivity index (χ0) is 55.7. The van der Waals surface area contributed by atoms with Crippen molar-refractivity contribution in [2.75, 3.05) is 11.5 Å². The average Bonchev–Trinajstić information content (AvgIpc) is 0.703. The number of fused-ring (bicyclic) bond motifs is 27. The number of benzene rings is 13. The maximum absolute atomic E-state index is 10.4. The predicted molar refractivity (Wildman–Crippen MR) is 373 cm³/mol. The predicted octanol–water partition coefficient (Wildman–Crippen LogP) is 7.78. The fourth-order valence-electron chi connectivity index (χ4n) is 11.8. The van der Waals surface area contributed by atoms with Gasteiger partial charge in [-0.1, -0.05) is 216 Å². The van der Waals surface area contributed by atoms with E-state index in [1.807, 2.05) is 36.4 Å². The highest BCUT2D eigenvalue weighted by Crippen LogP contribution is 2.42. The summed E-state index contributed by atoms with van der Waals surface area (Å²) in [5, 5.41) is 17.4. The summed E-state index contributed by atoms with van der Waals surface area (Å²) < 4.78 is 0. The van der Waals surface area contributed by atoms with Crippen LogP contribution in [-0.2, 0) is 28.8 Å². The Kier molecular flexibility index (Phi) is 22.0. The number of nitrogens with two attached hydrogens (primary N) is 2. The SMILES string of the molecule is C.C.C.Nc1c(N)c2ccccc2c2ccccc12.O.O.O.O.O.O.O.O.O=C1C(=O)C(=O)C(=O)C(=O)C1=O.c1ccc2c(c1)c1ccccc1c1nc3c(nc21)c1nc2c4ccccc4c4ccccc4c2nc1c1nc2c4ccccc4c4ccccc4c2nc31. The number of hydrogen-bond acceptors (Lipinski definition) is 14. The molecule has 1 saturated carbocycles. The van der Waals surface area contributed by atoms with E-state index in [0.29, 0.717) is 44.5 Å². The molecule has 20 N–H and O–H groups in total. The summed E-state index contributed by atoms with van der Waals surface area (Å²) in [5.74, 6) is -10.4. The molecule has 1 fully saturated rings. The van der Waals surface area contributed by atoms with Crippen molar-refractivity contribution in [3.63, 3.8) is 0 Å². The maximum atomic E-state index is 10.4. The van der Waals surface area contributed by atoms with Gasteiger partial charge in [0.05, 0.1) is 44.5 Å². The molecule has 16 aromatic rings. The monoisotopic (exact) mass is 1250 g/mol. The molecule has 0 bridgehead atoms. The van der Waals surface area contributed by atoms with Gasteiger partial charge in [0.15, 0.2) is 0 Å². The summed E-state index contributed by atoms with van der Waals surface area (Å²) in [6.45, 7) is 0. The molecule has 1 aliphatic carbocycles. The number of rotatable bonds is 0. The molecular formula is C71H64N8O14. The van der Waals surface area contributed by atoms with Crippen molar-refractivity contribution in [2.45, 2.75) is 22.3 Å². The molecule has 22 heteroatoms. The Balaban J connectivity index is 0.000000398. The van der Waals surface area contributed by atoms with E-state index in [0.717, 1.165) is 119 Å². The molecule has 0 amide bonds. The molecule has 0 unspecified atom stereocenters. The zero-order valence-electron chi connectivity index (χ0n) is 46.8. The highest BCUT2D eigenvalue weighted by molar-refractivity contribution is 7.08. The molecule has 93 heavy (non-hydrogen) atoms. The number of carbonyl (C=O) groups is 6. The van der Waals surface area contributed by atoms with E-state index in [-0.39, 0.29) is 66.1 Å².